The molecule has 0 unspecified atom stereocenters. The van der Waals surface area contributed by atoms with Crippen molar-refractivity contribution in [1.82, 2.24) is 10.1 Å². The van der Waals surface area contributed by atoms with E-state index in [4.69, 9.17) is 14.0 Å². The standard InChI is InChI=1S/C19H19N3O4S/c1-11-14(10-17(27-11)19-20-12(2)26-22-19)21-18(23)8-6-13-5-7-15(24-3)16(9-13)25-4/h5-10H,1-4H3,(H,21,23). The Morgan fingerprint density at radius 1 is 1.19 bits per heavy atom. The third-order valence-corrected chi connectivity index (χ3v) is 4.80. The fraction of sp³-hybridized carbons (Fsp3) is 0.211. The highest BCUT2D eigenvalue weighted by Crippen LogP contribution is 2.33. The van der Waals surface area contributed by atoms with E-state index in [1.54, 1.807) is 39.4 Å². The number of hydrogen-bond donors (Lipinski definition) is 1. The van der Waals surface area contributed by atoms with Crippen molar-refractivity contribution in [1.29, 1.82) is 0 Å². The molecule has 0 aliphatic heterocycles. The van der Waals surface area contributed by atoms with Gasteiger partial charge in [0.15, 0.2) is 11.5 Å². The number of nitrogens with one attached hydrogen (secondary N) is 1. The van der Waals surface area contributed by atoms with Crippen LogP contribution in [0.5, 0.6) is 11.5 Å². The molecule has 0 aliphatic carbocycles. The summed E-state index contributed by atoms with van der Waals surface area (Å²) in [5.74, 6) is 2.02. The van der Waals surface area contributed by atoms with Crippen LogP contribution in [0.15, 0.2) is 34.9 Å². The van der Waals surface area contributed by atoms with Crippen LogP contribution in [-0.2, 0) is 4.79 Å². The van der Waals surface area contributed by atoms with Crippen molar-refractivity contribution >= 4 is 29.0 Å². The van der Waals surface area contributed by atoms with Crippen molar-refractivity contribution in [3.05, 3.63) is 46.7 Å². The third-order valence-electron chi connectivity index (χ3n) is 3.76. The molecule has 1 aromatic carbocycles. The van der Waals surface area contributed by atoms with E-state index < -0.39 is 0 Å². The van der Waals surface area contributed by atoms with E-state index in [9.17, 15) is 4.79 Å². The maximum atomic E-state index is 12.3. The number of carbonyl (C=O) groups excluding carboxylic acids is 1. The molecule has 8 heteroatoms. The molecule has 7 nitrogen and oxygen atoms in total. The molecular weight excluding hydrogens is 366 g/mol. The summed E-state index contributed by atoms with van der Waals surface area (Å²) in [4.78, 5) is 18.3. The molecule has 140 valence electrons. The van der Waals surface area contributed by atoms with E-state index in [0.29, 0.717) is 23.2 Å². The molecule has 0 aliphatic rings. The van der Waals surface area contributed by atoms with E-state index in [1.807, 2.05) is 19.1 Å². The van der Waals surface area contributed by atoms with Gasteiger partial charge in [-0.15, -0.1) is 11.3 Å². The number of rotatable bonds is 6. The zero-order valence-electron chi connectivity index (χ0n) is 15.4. The molecule has 2 aromatic heterocycles. The van der Waals surface area contributed by atoms with Gasteiger partial charge in [-0.05, 0) is 36.8 Å². The molecule has 0 saturated carbocycles. The molecule has 1 N–H and O–H groups in total. The first kappa shape index (κ1) is 18.7. The lowest BCUT2D eigenvalue weighted by Crippen LogP contribution is -2.07. The van der Waals surface area contributed by atoms with Crippen LogP contribution in [0.25, 0.3) is 16.8 Å². The summed E-state index contributed by atoms with van der Waals surface area (Å²) in [5, 5.41) is 6.77. The van der Waals surface area contributed by atoms with E-state index in [0.717, 1.165) is 21.0 Å². The van der Waals surface area contributed by atoms with Crippen LogP contribution in [-0.4, -0.2) is 30.3 Å². The van der Waals surface area contributed by atoms with Gasteiger partial charge >= 0.3 is 0 Å². The van der Waals surface area contributed by atoms with Crippen LogP contribution in [0.2, 0.25) is 0 Å². The van der Waals surface area contributed by atoms with Crippen LogP contribution in [0.3, 0.4) is 0 Å². The Morgan fingerprint density at radius 3 is 2.63 bits per heavy atom. The number of aromatic nitrogens is 2. The molecule has 2 heterocycles. The number of carbonyl (C=O) groups is 1. The van der Waals surface area contributed by atoms with Gasteiger partial charge in [0.2, 0.25) is 17.6 Å². The van der Waals surface area contributed by atoms with Gasteiger partial charge in [-0.1, -0.05) is 11.2 Å². The Balaban J connectivity index is 1.71. The number of ether oxygens (including phenoxy) is 2. The molecule has 3 aromatic rings. The zero-order valence-corrected chi connectivity index (χ0v) is 16.2. The maximum Gasteiger partial charge on any atom is 0.248 e. The van der Waals surface area contributed by atoms with Gasteiger partial charge < -0.3 is 19.3 Å². The average Bonchev–Trinajstić information content (AvgIpc) is 3.25. The molecule has 0 spiro atoms. The highest BCUT2D eigenvalue weighted by atomic mass is 32.1. The number of amides is 1. The molecule has 0 saturated heterocycles. The Bertz CT molecular complexity index is 991. The second kappa shape index (κ2) is 8.05. The van der Waals surface area contributed by atoms with Crippen LogP contribution in [0.4, 0.5) is 5.69 Å². The lowest BCUT2D eigenvalue weighted by atomic mass is 10.2. The molecule has 0 radical (unpaired) electrons. The van der Waals surface area contributed by atoms with Crippen molar-refractivity contribution in [3.8, 4) is 22.2 Å². The van der Waals surface area contributed by atoms with Gasteiger partial charge in [-0.2, -0.15) is 4.98 Å². The van der Waals surface area contributed by atoms with Crippen molar-refractivity contribution in [3.63, 3.8) is 0 Å². The van der Waals surface area contributed by atoms with Crippen LogP contribution in [0, 0.1) is 13.8 Å². The van der Waals surface area contributed by atoms with Gasteiger partial charge in [-0.3, -0.25) is 4.79 Å². The minimum Gasteiger partial charge on any atom is -0.493 e. The second-order valence-electron chi connectivity index (χ2n) is 5.65. The summed E-state index contributed by atoms with van der Waals surface area (Å²) in [5.41, 5.74) is 1.55. The number of anilines is 1. The largest absolute Gasteiger partial charge is 0.493 e. The SMILES string of the molecule is COc1ccc(C=CC(=O)Nc2cc(-c3noc(C)n3)sc2C)cc1OC. The van der Waals surface area contributed by atoms with Gasteiger partial charge in [0.1, 0.15) is 0 Å². The average molecular weight is 385 g/mol. The first-order chi connectivity index (χ1) is 13.0. The first-order valence-electron chi connectivity index (χ1n) is 8.12. The van der Waals surface area contributed by atoms with E-state index >= 15 is 0 Å². The lowest BCUT2D eigenvalue weighted by Gasteiger charge is -2.07. The number of hydrogen-bond acceptors (Lipinski definition) is 7. The number of aryl methyl sites for hydroxylation is 2. The Hall–Kier alpha value is -3.13. The minimum atomic E-state index is -0.235. The predicted molar refractivity (Wildman–Crippen MR) is 104 cm³/mol. The first-order valence-corrected chi connectivity index (χ1v) is 8.94. The molecule has 1 amide bonds. The molecule has 3 rings (SSSR count). The van der Waals surface area contributed by atoms with Crippen molar-refractivity contribution in [2.75, 3.05) is 19.5 Å². The number of methoxy groups -OCH3 is 2. The smallest absolute Gasteiger partial charge is 0.248 e. The van der Waals surface area contributed by atoms with Crippen molar-refractivity contribution in [2.45, 2.75) is 13.8 Å². The van der Waals surface area contributed by atoms with Crippen molar-refractivity contribution in [2.24, 2.45) is 0 Å². The van der Waals surface area contributed by atoms with E-state index in [2.05, 4.69) is 15.5 Å². The Labute approximate surface area is 160 Å². The molecule has 27 heavy (non-hydrogen) atoms. The molecular formula is C19H19N3O4S. The summed E-state index contributed by atoms with van der Waals surface area (Å²) in [6.07, 6.45) is 3.18. The summed E-state index contributed by atoms with van der Waals surface area (Å²) in [6.45, 7) is 3.66. The second-order valence-corrected chi connectivity index (χ2v) is 6.91. The topological polar surface area (TPSA) is 86.5 Å². The fourth-order valence-electron chi connectivity index (χ4n) is 2.42. The summed E-state index contributed by atoms with van der Waals surface area (Å²) >= 11 is 1.49. The number of thiophene rings is 1. The Kier molecular flexibility index (Phi) is 5.56. The Morgan fingerprint density at radius 2 is 1.96 bits per heavy atom. The van der Waals surface area contributed by atoms with Crippen molar-refractivity contribution < 1.29 is 18.8 Å². The monoisotopic (exact) mass is 385 g/mol. The van der Waals surface area contributed by atoms with Crippen LogP contribution >= 0.6 is 11.3 Å². The maximum absolute atomic E-state index is 12.3. The molecule has 0 atom stereocenters. The highest BCUT2D eigenvalue weighted by molar-refractivity contribution is 7.16. The zero-order chi connectivity index (χ0) is 19.4. The fourth-order valence-corrected chi connectivity index (χ4v) is 3.32. The van der Waals surface area contributed by atoms with Gasteiger partial charge in [0.25, 0.3) is 0 Å². The van der Waals surface area contributed by atoms with Gasteiger partial charge in [0.05, 0.1) is 24.8 Å². The molecule has 0 bridgehead atoms. The summed E-state index contributed by atoms with van der Waals surface area (Å²) < 4.78 is 15.5. The van der Waals surface area contributed by atoms with Gasteiger partial charge in [-0.25, -0.2) is 0 Å². The van der Waals surface area contributed by atoms with E-state index in [-0.39, 0.29) is 5.91 Å². The number of nitrogens with zero attached hydrogens (tertiary/aromatic N) is 2. The summed E-state index contributed by atoms with van der Waals surface area (Å²) in [7, 11) is 3.15. The third kappa shape index (κ3) is 4.35. The highest BCUT2D eigenvalue weighted by Gasteiger charge is 2.13. The molecule has 0 fully saturated rings. The quantitative estimate of drug-likeness (QED) is 0.643. The summed E-state index contributed by atoms with van der Waals surface area (Å²) in [6, 6.07) is 7.28. The van der Waals surface area contributed by atoms with Crippen LogP contribution < -0.4 is 14.8 Å². The number of benzene rings is 1. The minimum absolute atomic E-state index is 0.235. The predicted octanol–water partition coefficient (Wildman–Crippen LogP) is 4.08. The lowest BCUT2D eigenvalue weighted by molar-refractivity contribution is -0.111. The van der Waals surface area contributed by atoms with E-state index in [1.165, 1.54) is 17.4 Å². The normalized spacial score (nSPS) is 11.0. The van der Waals surface area contributed by atoms with Gasteiger partial charge in [0, 0.05) is 17.9 Å². The van der Waals surface area contributed by atoms with Crippen LogP contribution in [0.1, 0.15) is 16.3 Å².